The lowest BCUT2D eigenvalue weighted by Gasteiger charge is -2.30. The zero-order valence-electron chi connectivity index (χ0n) is 15.2. The summed E-state index contributed by atoms with van der Waals surface area (Å²) in [6, 6.07) is 0.558. The van der Waals surface area contributed by atoms with Crippen molar-refractivity contribution in [3.05, 3.63) is 0 Å². The number of hydrogen-bond acceptors (Lipinski definition) is 3. The summed E-state index contributed by atoms with van der Waals surface area (Å²) in [5.41, 5.74) is -0.437. The molecule has 1 saturated carbocycles. The van der Waals surface area contributed by atoms with Crippen LogP contribution in [0.1, 0.15) is 79.6 Å². The van der Waals surface area contributed by atoms with Crippen LogP contribution in [0.15, 0.2) is 0 Å². The van der Waals surface area contributed by atoms with Gasteiger partial charge in [-0.3, -0.25) is 0 Å². The summed E-state index contributed by atoms with van der Waals surface area (Å²) < 4.78 is 5.42. The van der Waals surface area contributed by atoms with E-state index in [-0.39, 0.29) is 12.1 Å². The van der Waals surface area contributed by atoms with Gasteiger partial charge in [0.15, 0.2) is 0 Å². The molecule has 1 rings (SSSR count). The highest BCUT2D eigenvalue weighted by atomic mass is 16.6. The number of carbonyl (C=O) groups is 1. The van der Waals surface area contributed by atoms with E-state index in [4.69, 9.17) is 4.74 Å². The highest BCUT2D eigenvalue weighted by Crippen LogP contribution is 2.20. The second-order valence-corrected chi connectivity index (χ2v) is 7.59. The Balaban J connectivity index is 2.56. The molecule has 0 heterocycles. The molecule has 0 aromatic rings. The highest BCUT2D eigenvalue weighted by molar-refractivity contribution is 5.68. The van der Waals surface area contributed by atoms with E-state index in [9.17, 15) is 4.79 Å². The molecule has 1 amide bonds. The molecule has 2 N–H and O–H groups in total. The molecule has 0 spiro atoms. The van der Waals surface area contributed by atoms with Crippen LogP contribution < -0.4 is 10.6 Å². The van der Waals surface area contributed by atoms with Crippen LogP contribution in [0.25, 0.3) is 0 Å². The van der Waals surface area contributed by atoms with Crippen molar-refractivity contribution in [1.82, 2.24) is 10.6 Å². The molecule has 2 atom stereocenters. The van der Waals surface area contributed by atoms with Gasteiger partial charge in [0.25, 0.3) is 0 Å². The Kier molecular flexibility index (Phi) is 8.23. The molecule has 0 saturated heterocycles. The molecule has 4 nitrogen and oxygen atoms in total. The Morgan fingerprint density at radius 1 is 1.09 bits per heavy atom. The van der Waals surface area contributed by atoms with Gasteiger partial charge in [-0.2, -0.15) is 0 Å². The zero-order valence-corrected chi connectivity index (χ0v) is 15.2. The minimum absolute atomic E-state index is 0.187. The van der Waals surface area contributed by atoms with Crippen molar-refractivity contribution in [3.63, 3.8) is 0 Å². The topological polar surface area (TPSA) is 50.4 Å². The quantitative estimate of drug-likeness (QED) is 0.721. The van der Waals surface area contributed by atoms with Gasteiger partial charge in [0.2, 0.25) is 0 Å². The van der Waals surface area contributed by atoms with Crippen molar-refractivity contribution in [2.45, 2.75) is 97.2 Å². The summed E-state index contributed by atoms with van der Waals surface area (Å²) in [6.45, 7) is 11.3. The summed E-state index contributed by atoms with van der Waals surface area (Å²) in [5.74, 6) is 0.727. The van der Waals surface area contributed by atoms with Crippen LogP contribution >= 0.6 is 0 Å². The lowest BCUT2D eigenvalue weighted by molar-refractivity contribution is 0.0489. The van der Waals surface area contributed by atoms with Crippen molar-refractivity contribution >= 4 is 6.09 Å². The first kappa shape index (κ1) is 19.3. The average Bonchev–Trinajstić information content (AvgIpc) is 2.63. The summed E-state index contributed by atoms with van der Waals surface area (Å²) in [7, 11) is 0. The molecule has 0 aromatic heterocycles. The number of hydrogen-bond donors (Lipinski definition) is 2. The van der Waals surface area contributed by atoms with Crippen LogP contribution in [0.2, 0.25) is 0 Å². The van der Waals surface area contributed by atoms with E-state index in [0.717, 1.165) is 25.3 Å². The Morgan fingerprint density at radius 2 is 1.68 bits per heavy atom. The number of carbonyl (C=O) groups excluding carboxylic acids is 1. The third kappa shape index (κ3) is 7.48. The fraction of sp³-hybridized carbons (Fsp3) is 0.944. The molecular weight excluding hydrogens is 276 g/mol. The minimum atomic E-state index is -0.437. The fourth-order valence-electron chi connectivity index (χ4n) is 3.08. The van der Waals surface area contributed by atoms with E-state index >= 15 is 0 Å². The normalized spacial score (nSPS) is 23.2. The monoisotopic (exact) mass is 312 g/mol. The summed E-state index contributed by atoms with van der Waals surface area (Å²) in [5, 5.41) is 6.81. The molecule has 4 heteroatoms. The van der Waals surface area contributed by atoms with E-state index in [1.165, 1.54) is 32.1 Å². The Hall–Kier alpha value is -0.770. The standard InChI is InChI=1S/C18H36N2O2/c1-6-14(7-2)13-19-15-11-9-8-10-12-16(15)20-17(21)22-18(3,4)5/h14-16,19H,6-13H2,1-5H3,(H,20,21). The predicted octanol–water partition coefficient (Wildman–Crippen LogP) is 4.24. The van der Waals surface area contributed by atoms with Gasteiger partial charge in [0.05, 0.1) is 0 Å². The number of nitrogens with one attached hydrogen (secondary N) is 2. The molecule has 0 aliphatic heterocycles. The third-order valence-electron chi connectivity index (χ3n) is 4.54. The first-order valence-corrected chi connectivity index (χ1v) is 9.08. The number of ether oxygens (including phenoxy) is 1. The lowest BCUT2D eigenvalue weighted by atomic mass is 9.99. The molecule has 22 heavy (non-hydrogen) atoms. The van der Waals surface area contributed by atoms with Crippen LogP contribution in [0, 0.1) is 5.92 Å². The van der Waals surface area contributed by atoms with Gasteiger partial charge in [0, 0.05) is 12.1 Å². The van der Waals surface area contributed by atoms with Crippen molar-refractivity contribution in [1.29, 1.82) is 0 Å². The Morgan fingerprint density at radius 3 is 2.23 bits per heavy atom. The van der Waals surface area contributed by atoms with Crippen molar-refractivity contribution in [2.24, 2.45) is 5.92 Å². The zero-order chi connectivity index (χ0) is 16.6. The highest BCUT2D eigenvalue weighted by Gasteiger charge is 2.27. The third-order valence-corrected chi connectivity index (χ3v) is 4.54. The molecular formula is C18H36N2O2. The minimum Gasteiger partial charge on any atom is -0.444 e. The first-order chi connectivity index (χ1) is 10.4. The maximum Gasteiger partial charge on any atom is 0.407 e. The van der Waals surface area contributed by atoms with E-state index in [1.54, 1.807) is 0 Å². The molecule has 130 valence electrons. The smallest absolute Gasteiger partial charge is 0.407 e. The van der Waals surface area contributed by atoms with Crippen LogP contribution in [-0.4, -0.2) is 30.3 Å². The van der Waals surface area contributed by atoms with Gasteiger partial charge in [-0.25, -0.2) is 4.79 Å². The van der Waals surface area contributed by atoms with Gasteiger partial charge in [-0.1, -0.05) is 46.0 Å². The fourth-order valence-corrected chi connectivity index (χ4v) is 3.08. The van der Waals surface area contributed by atoms with Gasteiger partial charge in [-0.05, 0) is 46.1 Å². The van der Waals surface area contributed by atoms with E-state index in [1.807, 2.05) is 20.8 Å². The van der Waals surface area contributed by atoms with Crippen LogP contribution in [-0.2, 0) is 4.74 Å². The van der Waals surface area contributed by atoms with Gasteiger partial charge < -0.3 is 15.4 Å². The number of rotatable bonds is 6. The molecule has 1 aliphatic carbocycles. The van der Waals surface area contributed by atoms with Gasteiger partial charge in [-0.15, -0.1) is 0 Å². The first-order valence-electron chi connectivity index (χ1n) is 9.08. The largest absolute Gasteiger partial charge is 0.444 e. The average molecular weight is 312 g/mol. The Bertz CT molecular complexity index is 322. The maximum absolute atomic E-state index is 12.1. The van der Waals surface area contributed by atoms with Crippen LogP contribution in [0.5, 0.6) is 0 Å². The van der Waals surface area contributed by atoms with E-state index in [0.29, 0.717) is 6.04 Å². The predicted molar refractivity (Wildman–Crippen MR) is 92.1 cm³/mol. The van der Waals surface area contributed by atoms with Crippen LogP contribution in [0.3, 0.4) is 0 Å². The second kappa shape index (κ2) is 9.39. The molecule has 1 fully saturated rings. The summed E-state index contributed by atoms with van der Waals surface area (Å²) >= 11 is 0. The van der Waals surface area contributed by atoms with E-state index < -0.39 is 5.60 Å². The van der Waals surface area contributed by atoms with Gasteiger partial charge in [0.1, 0.15) is 5.60 Å². The number of amides is 1. The van der Waals surface area contributed by atoms with Gasteiger partial charge >= 0.3 is 6.09 Å². The molecule has 0 bridgehead atoms. The summed E-state index contributed by atoms with van der Waals surface area (Å²) in [6.07, 6.45) is 8.00. The maximum atomic E-state index is 12.1. The SMILES string of the molecule is CCC(CC)CNC1CCCCCC1NC(=O)OC(C)(C)C. The Labute approximate surface area is 136 Å². The van der Waals surface area contributed by atoms with Crippen LogP contribution in [0.4, 0.5) is 4.79 Å². The van der Waals surface area contributed by atoms with Crippen molar-refractivity contribution in [3.8, 4) is 0 Å². The molecule has 1 aliphatic rings. The van der Waals surface area contributed by atoms with Crippen molar-refractivity contribution < 1.29 is 9.53 Å². The summed E-state index contributed by atoms with van der Waals surface area (Å²) in [4.78, 5) is 12.1. The molecule has 0 aromatic carbocycles. The molecule has 0 radical (unpaired) electrons. The number of alkyl carbamates (subject to hydrolysis) is 1. The molecule has 2 unspecified atom stereocenters. The second-order valence-electron chi connectivity index (χ2n) is 7.59. The van der Waals surface area contributed by atoms with Crippen molar-refractivity contribution in [2.75, 3.05) is 6.54 Å². The lowest BCUT2D eigenvalue weighted by Crippen LogP contribution is -2.51. The van der Waals surface area contributed by atoms with E-state index in [2.05, 4.69) is 24.5 Å².